The Morgan fingerprint density at radius 1 is 1.44 bits per heavy atom. The molecule has 0 saturated heterocycles. The first-order valence-electron chi connectivity index (χ1n) is 2.62. The van der Waals surface area contributed by atoms with Crippen LogP contribution in [0.25, 0.3) is 0 Å². The van der Waals surface area contributed by atoms with Crippen LogP contribution in [0, 0.1) is 0 Å². The maximum atomic E-state index is 10.4. The van der Waals surface area contributed by atoms with E-state index in [9.17, 15) is 9.59 Å². The van der Waals surface area contributed by atoms with Crippen LogP contribution < -0.4 is 10.6 Å². The average Bonchev–Trinajstić information content (AvgIpc) is 1.82. The van der Waals surface area contributed by atoms with Crippen molar-refractivity contribution in [1.82, 2.24) is 10.6 Å². The molecule has 0 heterocycles. The maximum Gasteiger partial charge on any atom is 0.288 e. The number of ketones is 1. The predicted octanol–water partition coefficient (Wildman–Crippen LogP) is -1.13. The molecule has 0 unspecified atom stereocenters. The number of amides is 1. The van der Waals surface area contributed by atoms with Gasteiger partial charge in [-0.3, -0.25) is 9.59 Å². The van der Waals surface area contributed by atoms with Crippen LogP contribution in [-0.2, 0) is 9.59 Å². The molecule has 0 atom stereocenters. The van der Waals surface area contributed by atoms with Crippen molar-refractivity contribution in [2.45, 2.75) is 6.92 Å². The molecule has 0 rings (SSSR count). The summed E-state index contributed by atoms with van der Waals surface area (Å²) in [5, 5.41) is 5.00. The van der Waals surface area contributed by atoms with E-state index in [0.29, 0.717) is 6.67 Å². The minimum atomic E-state index is -0.552. The van der Waals surface area contributed by atoms with Crippen molar-refractivity contribution in [3.05, 3.63) is 0 Å². The zero-order valence-electron chi connectivity index (χ0n) is 5.52. The third-order valence-electron chi connectivity index (χ3n) is 0.745. The van der Waals surface area contributed by atoms with Crippen LogP contribution in [-0.4, -0.2) is 25.4 Å². The van der Waals surface area contributed by atoms with Gasteiger partial charge in [0.2, 0.25) is 5.78 Å². The van der Waals surface area contributed by atoms with E-state index in [0.717, 1.165) is 0 Å². The van der Waals surface area contributed by atoms with Gasteiger partial charge in [0, 0.05) is 6.92 Å². The van der Waals surface area contributed by atoms with Crippen molar-refractivity contribution in [1.29, 1.82) is 0 Å². The average molecular weight is 130 g/mol. The number of nitrogens with one attached hydrogen (secondary N) is 2. The second-order valence-electron chi connectivity index (χ2n) is 1.59. The Balaban J connectivity index is 3.39. The minimum absolute atomic E-state index is 0.332. The van der Waals surface area contributed by atoms with Gasteiger partial charge in [0.1, 0.15) is 0 Å². The van der Waals surface area contributed by atoms with Gasteiger partial charge >= 0.3 is 0 Å². The first kappa shape index (κ1) is 8.10. The highest BCUT2D eigenvalue weighted by molar-refractivity contribution is 6.35. The summed E-state index contributed by atoms with van der Waals surface area (Å²) in [6.07, 6.45) is 0. The van der Waals surface area contributed by atoms with Gasteiger partial charge in [-0.1, -0.05) is 0 Å². The first-order valence-corrected chi connectivity index (χ1v) is 2.62. The van der Waals surface area contributed by atoms with E-state index in [1.165, 1.54) is 6.92 Å². The Hall–Kier alpha value is -0.900. The van der Waals surface area contributed by atoms with Crippen LogP contribution >= 0.6 is 0 Å². The fraction of sp³-hybridized carbons (Fsp3) is 0.600. The SMILES string of the molecule is CNCNC(=O)C(C)=O. The van der Waals surface area contributed by atoms with E-state index in [1.54, 1.807) is 7.05 Å². The molecule has 4 heteroatoms. The lowest BCUT2D eigenvalue weighted by atomic mass is 10.4. The number of Topliss-reactive ketones (excluding diaryl/α,β-unsaturated/α-hetero) is 1. The van der Waals surface area contributed by atoms with E-state index in [4.69, 9.17) is 0 Å². The number of rotatable bonds is 3. The van der Waals surface area contributed by atoms with Gasteiger partial charge < -0.3 is 10.6 Å². The van der Waals surface area contributed by atoms with E-state index < -0.39 is 11.7 Å². The molecule has 0 fully saturated rings. The lowest BCUT2D eigenvalue weighted by molar-refractivity contribution is -0.136. The second kappa shape index (κ2) is 4.03. The largest absolute Gasteiger partial charge is 0.337 e. The van der Waals surface area contributed by atoms with E-state index in [2.05, 4.69) is 10.6 Å². The molecule has 0 bridgehead atoms. The number of hydrogen-bond donors (Lipinski definition) is 2. The van der Waals surface area contributed by atoms with Gasteiger partial charge in [-0.05, 0) is 7.05 Å². The van der Waals surface area contributed by atoms with Gasteiger partial charge in [0.15, 0.2) is 0 Å². The summed E-state index contributed by atoms with van der Waals surface area (Å²) in [5.74, 6) is -1.02. The smallest absolute Gasteiger partial charge is 0.288 e. The third-order valence-corrected chi connectivity index (χ3v) is 0.745. The van der Waals surface area contributed by atoms with Crippen molar-refractivity contribution in [2.24, 2.45) is 0 Å². The van der Waals surface area contributed by atoms with Crippen LogP contribution in [0.1, 0.15) is 6.92 Å². The summed E-state index contributed by atoms with van der Waals surface area (Å²) < 4.78 is 0. The molecule has 1 amide bonds. The van der Waals surface area contributed by atoms with Gasteiger partial charge in [0.25, 0.3) is 5.91 Å². The predicted molar refractivity (Wildman–Crippen MR) is 32.8 cm³/mol. The van der Waals surface area contributed by atoms with Crippen LogP contribution in [0.4, 0.5) is 0 Å². The van der Waals surface area contributed by atoms with Gasteiger partial charge in [-0.25, -0.2) is 0 Å². The van der Waals surface area contributed by atoms with Gasteiger partial charge in [-0.15, -0.1) is 0 Å². The molecule has 0 saturated carbocycles. The molecule has 0 aliphatic rings. The molecule has 0 aromatic carbocycles. The van der Waals surface area contributed by atoms with Crippen LogP contribution in [0.15, 0.2) is 0 Å². The fourth-order valence-corrected chi connectivity index (χ4v) is 0.293. The van der Waals surface area contributed by atoms with Crippen LogP contribution in [0.2, 0.25) is 0 Å². The summed E-state index contributed by atoms with van der Waals surface area (Å²) in [5.41, 5.74) is 0. The fourth-order valence-electron chi connectivity index (χ4n) is 0.293. The lowest BCUT2D eigenvalue weighted by Gasteiger charge is -1.98. The Kier molecular flexibility index (Phi) is 3.62. The molecule has 0 aromatic heterocycles. The molecule has 4 nitrogen and oxygen atoms in total. The summed E-state index contributed by atoms with van der Waals surface area (Å²) >= 11 is 0. The van der Waals surface area contributed by atoms with Crippen molar-refractivity contribution in [3.8, 4) is 0 Å². The van der Waals surface area contributed by atoms with Crippen molar-refractivity contribution in [3.63, 3.8) is 0 Å². The van der Waals surface area contributed by atoms with Gasteiger partial charge in [0.05, 0.1) is 6.67 Å². The molecule has 0 aliphatic heterocycles. The number of hydrogen-bond acceptors (Lipinski definition) is 3. The van der Waals surface area contributed by atoms with Crippen molar-refractivity contribution in [2.75, 3.05) is 13.7 Å². The Morgan fingerprint density at radius 3 is 2.33 bits per heavy atom. The molecule has 0 aromatic rings. The highest BCUT2D eigenvalue weighted by Gasteiger charge is 2.03. The topological polar surface area (TPSA) is 58.2 Å². The lowest BCUT2D eigenvalue weighted by Crippen LogP contribution is -2.35. The highest BCUT2D eigenvalue weighted by Crippen LogP contribution is 1.65. The third kappa shape index (κ3) is 3.66. The summed E-state index contributed by atoms with van der Waals surface area (Å²) in [7, 11) is 1.68. The first-order chi connectivity index (χ1) is 4.18. The molecular weight excluding hydrogens is 120 g/mol. The molecule has 2 N–H and O–H groups in total. The van der Waals surface area contributed by atoms with E-state index >= 15 is 0 Å². The molecule has 52 valence electrons. The maximum absolute atomic E-state index is 10.4. The minimum Gasteiger partial charge on any atom is -0.337 e. The van der Waals surface area contributed by atoms with Crippen LogP contribution in [0.3, 0.4) is 0 Å². The van der Waals surface area contributed by atoms with E-state index in [1.807, 2.05) is 0 Å². The Labute approximate surface area is 53.6 Å². The standard InChI is InChI=1S/C5H10N2O2/c1-4(8)5(9)7-3-6-2/h6H,3H2,1-2H3,(H,7,9). The normalized spacial score (nSPS) is 8.67. The summed E-state index contributed by atoms with van der Waals surface area (Å²) in [4.78, 5) is 20.6. The molecule has 0 radical (unpaired) electrons. The van der Waals surface area contributed by atoms with Crippen molar-refractivity contribution >= 4 is 11.7 Å². The zero-order valence-corrected chi connectivity index (χ0v) is 5.52. The summed E-state index contributed by atoms with van der Waals surface area (Å²) in [6.45, 7) is 1.56. The van der Waals surface area contributed by atoms with Gasteiger partial charge in [-0.2, -0.15) is 0 Å². The molecule has 9 heavy (non-hydrogen) atoms. The molecule has 0 aliphatic carbocycles. The quantitative estimate of drug-likeness (QED) is 0.375. The van der Waals surface area contributed by atoms with Crippen LogP contribution in [0.5, 0.6) is 0 Å². The Morgan fingerprint density at radius 2 is 2.00 bits per heavy atom. The van der Waals surface area contributed by atoms with E-state index in [-0.39, 0.29) is 0 Å². The summed E-state index contributed by atoms with van der Waals surface area (Å²) in [6, 6.07) is 0. The van der Waals surface area contributed by atoms with Crippen molar-refractivity contribution < 1.29 is 9.59 Å². The highest BCUT2D eigenvalue weighted by atomic mass is 16.2. The second-order valence-corrected chi connectivity index (χ2v) is 1.59. The molecular formula is C5H10N2O2. The Bertz CT molecular complexity index is 122. The monoisotopic (exact) mass is 130 g/mol. The zero-order chi connectivity index (χ0) is 7.28. The molecule has 0 spiro atoms. The number of carbonyl (C=O) groups is 2. The number of carbonyl (C=O) groups excluding carboxylic acids is 2.